The van der Waals surface area contributed by atoms with Crippen molar-refractivity contribution in [3.05, 3.63) is 68.6 Å². The summed E-state index contributed by atoms with van der Waals surface area (Å²) in [5, 5.41) is 17.0. The predicted molar refractivity (Wildman–Crippen MR) is 145 cm³/mol. The Hall–Kier alpha value is -2.95. The zero-order valence-corrected chi connectivity index (χ0v) is 21.9. The van der Waals surface area contributed by atoms with Gasteiger partial charge in [0.1, 0.15) is 6.04 Å². The van der Waals surface area contributed by atoms with Crippen LogP contribution in [0.3, 0.4) is 0 Å². The first-order chi connectivity index (χ1) is 16.8. The van der Waals surface area contributed by atoms with Crippen LogP contribution in [-0.2, 0) is 16.0 Å². The number of aromatic nitrogens is 1. The number of carbonyl (C=O) groups is 3. The maximum Gasteiger partial charge on any atom is 0.326 e. The Morgan fingerprint density at radius 1 is 1.17 bits per heavy atom. The third kappa shape index (κ3) is 7.51. The summed E-state index contributed by atoms with van der Waals surface area (Å²) in [4.78, 5) is 40.4. The quantitative estimate of drug-likeness (QED) is 0.251. The Bertz CT molecular complexity index is 1270. The number of thiazole rings is 1. The Morgan fingerprint density at radius 3 is 2.60 bits per heavy atom. The smallest absolute Gasteiger partial charge is 0.326 e. The molecule has 0 unspecified atom stereocenters. The number of aromatic amines is 1. The molecule has 0 fully saturated rings. The number of amides is 2. The fourth-order valence-corrected chi connectivity index (χ4v) is 4.92. The predicted octanol–water partition coefficient (Wildman–Crippen LogP) is 5.29. The molecule has 3 aromatic rings. The van der Waals surface area contributed by atoms with Crippen LogP contribution >= 0.6 is 35.3 Å². The molecule has 2 aromatic carbocycles. The van der Waals surface area contributed by atoms with Gasteiger partial charge in [-0.3, -0.25) is 9.59 Å². The third-order valence-corrected chi connectivity index (χ3v) is 7.14. The fourth-order valence-electron chi connectivity index (χ4n) is 3.55. The van der Waals surface area contributed by atoms with E-state index in [1.165, 1.54) is 23.1 Å². The van der Waals surface area contributed by atoms with Crippen molar-refractivity contribution in [3.63, 3.8) is 0 Å². The molecule has 1 aromatic heterocycles. The number of carboxylic acids is 1. The average molecular weight is 530 g/mol. The molecule has 35 heavy (non-hydrogen) atoms. The van der Waals surface area contributed by atoms with Crippen LogP contribution in [-0.4, -0.2) is 45.9 Å². The van der Waals surface area contributed by atoms with Crippen LogP contribution in [0.1, 0.15) is 34.5 Å². The molecule has 2 amide bonds. The van der Waals surface area contributed by atoms with E-state index < -0.39 is 17.9 Å². The minimum atomic E-state index is -1.07. The third-order valence-electron chi connectivity index (χ3n) is 5.39. The number of carboxylic acid groups (broad SMARTS) is 1. The number of thioether (sulfide) groups is 1. The van der Waals surface area contributed by atoms with Gasteiger partial charge >= 0.3 is 5.97 Å². The van der Waals surface area contributed by atoms with E-state index in [-0.39, 0.29) is 12.3 Å². The van der Waals surface area contributed by atoms with E-state index >= 15 is 0 Å². The number of hydrogen-bond acceptors (Lipinski definition) is 6. The molecule has 0 radical (unpaired) electrons. The number of carbonyl (C=O) groups excluding carboxylic acids is 2. The molecule has 184 valence electrons. The maximum atomic E-state index is 13.1. The molecule has 0 bridgehead atoms. The van der Waals surface area contributed by atoms with Crippen LogP contribution in [0.25, 0.3) is 11.1 Å². The Balaban J connectivity index is 1.85. The van der Waals surface area contributed by atoms with Gasteiger partial charge in [0.05, 0.1) is 0 Å². The lowest BCUT2D eigenvalue weighted by molar-refractivity contribution is -0.139. The molecular formula is C25H27N3O4S3. The lowest BCUT2D eigenvalue weighted by Gasteiger charge is -2.18. The summed E-state index contributed by atoms with van der Waals surface area (Å²) in [5.41, 5.74) is 4.22. The zero-order chi connectivity index (χ0) is 25.4. The minimum absolute atomic E-state index is 0.161. The zero-order valence-electron chi connectivity index (χ0n) is 19.4. The second-order valence-electron chi connectivity index (χ2n) is 7.94. The fraction of sp³-hybridized carbons (Fsp3) is 0.280. The summed E-state index contributed by atoms with van der Waals surface area (Å²) in [6.07, 6.45) is 3.03. The number of anilines is 1. The van der Waals surface area contributed by atoms with Gasteiger partial charge in [0.2, 0.25) is 5.91 Å². The number of rotatable bonds is 11. The van der Waals surface area contributed by atoms with Gasteiger partial charge in [0.15, 0.2) is 3.95 Å². The molecule has 7 nitrogen and oxygen atoms in total. The monoisotopic (exact) mass is 529 g/mol. The molecule has 0 saturated heterocycles. The summed E-state index contributed by atoms with van der Waals surface area (Å²) in [7, 11) is 0. The molecule has 10 heteroatoms. The lowest BCUT2D eigenvalue weighted by Crippen LogP contribution is -2.41. The summed E-state index contributed by atoms with van der Waals surface area (Å²) >= 11 is 8.03. The molecule has 0 aliphatic heterocycles. The summed E-state index contributed by atoms with van der Waals surface area (Å²) in [6.45, 7) is 1.94. The number of benzene rings is 2. The first-order valence-corrected chi connectivity index (χ1v) is 13.7. The Kier molecular flexibility index (Phi) is 9.64. The summed E-state index contributed by atoms with van der Waals surface area (Å²) in [6, 6.07) is 11.7. The van der Waals surface area contributed by atoms with Crippen molar-refractivity contribution in [2.75, 3.05) is 17.3 Å². The van der Waals surface area contributed by atoms with Gasteiger partial charge in [-0.2, -0.15) is 11.8 Å². The van der Waals surface area contributed by atoms with E-state index in [4.69, 9.17) is 12.2 Å². The first kappa shape index (κ1) is 26.7. The molecule has 0 aliphatic carbocycles. The van der Waals surface area contributed by atoms with Crippen molar-refractivity contribution in [1.29, 1.82) is 0 Å². The van der Waals surface area contributed by atoms with Gasteiger partial charge in [0, 0.05) is 28.7 Å². The SMILES string of the molecule is CSCC[C@H](NC(=O)c1ccc(NC(=O)CCc2csc(=S)[nH]2)cc1-c1ccccc1C)C(=O)O. The Morgan fingerprint density at radius 2 is 1.94 bits per heavy atom. The standard InChI is InChI=1S/C25H27N3O4S3/c1-15-5-3-4-6-18(15)20-13-16(26-22(29)10-8-17-14-35-25(33)27-17)7-9-19(20)23(30)28-21(24(31)32)11-12-34-2/h3-7,9,13-14,21H,8,10-12H2,1-2H3,(H,26,29)(H,27,33)(H,28,30)(H,31,32)/t21-/m0/s1. The van der Waals surface area contributed by atoms with Gasteiger partial charge in [-0.15, -0.1) is 11.3 Å². The Labute approximate surface area is 217 Å². The highest BCUT2D eigenvalue weighted by molar-refractivity contribution is 7.98. The van der Waals surface area contributed by atoms with Crippen molar-refractivity contribution < 1.29 is 19.5 Å². The van der Waals surface area contributed by atoms with Crippen molar-refractivity contribution in [3.8, 4) is 11.1 Å². The van der Waals surface area contributed by atoms with E-state index in [9.17, 15) is 19.5 Å². The number of nitrogens with one attached hydrogen (secondary N) is 3. The number of aliphatic carboxylic acids is 1. The van der Waals surface area contributed by atoms with E-state index in [1.807, 2.05) is 42.8 Å². The molecule has 1 heterocycles. The van der Waals surface area contributed by atoms with Gasteiger partial charge in [-0.25, -0.2) is 4.79 Å². The second kappa shape index (κ2) is 12.7. The van der Waals surface area contributed by atoms with Crippen molar-refractivity contribution in [2.45, 2.75) is 32.2 Å². The molecule has 0 aliphatic rings. The molecule has 0 saturated carbocycles. The lowest BCUT2D eigenvalue weighted by atomic mass is 9.94. The maximum absolute atomic E-state index is 13.1. The summed E-state index contributed by atoms with van der Waals surface area (Å²) < 4.78 is 0.677. The van der Waals surface area contributed by atoms with Crippen molar-refractivity contribution >= 4 is 58.8 Å². The summed E-state index contributed by atoms with van der Waals surface area (Å²) in [5.74, 6) is -1.09. The largest absolute Gasteiger partial charge is 0.480 e. The van der Waals surface area contributed by atoms with Crippen LogP contribution in [0.4, 0.5) is 5.69 Å². The van der Waals surface area contributed by atoms with E-state index in [1.54, 1.807) is 18.2 Å². The van der Waals surface area contributed by atoms with Crippen LogP contribution in [0, 0.1) is 10.9 Å². The van der Waals surface area contributed by atoms with Gasteiger partial charge in [-0.05, 0) is 78.9 Å². The van der Waals surface area contributed by atoms with Gasteiger partial charge in [0.25, 0.3) is 5.91 Å². The van der Waals surface area contributed by atoms with Gasteiger partial charge < -0.3 is 20.7 Å². The van der Waals surface area contributed by atoms with E-state index in [0.717, 1.165) is 16.8 Å². The number of hydrogen-bond donors (Lipinski definition) is 4. The van der Waals surface area contributed by atoms with Gasteiger partial charge in [-0.1, -0.05) is 24.3 Å². The molecular weight excluding hydrogens is 502 g/mol. The van der Waals surface area contributed by atoms with E-state index in [0.29, 0.717) is 39.4 Å². The normalized spacial score (nSPS) is 11.6. The van der Waals surface area contributed by atoms with Crippen molar-refractivity contribution in [1.82, 2.24) is 10.3 Å². The van der Waals surface area contributed by atoms with Crippen LogP contribution in [0.5, 0.6) is 0 Å². The first-order valence-electron chi connectivity index (χ1n) is 11.0. The van der Waals surface area contributed by atoms with Crippen LogP contribution in [0.2, 0.25) is 0 Å². The van der Waals surface area contributed by atoms with Crippen LogP contribution < -0.4 is 10.6 Å². The molecule has 0 spiro atoms. The number of H-pyrrole nitrogens is 1. The van der Waals surface area contributed by atoms with Crippen LogP contribution in [0.15, 0.2) is 47.8 Å². The highest BCUT2D eigenvalue weighted by atomic mass is 32.2. The second-order valence-corrected chi connectivity index (χ2v) is 10.5. The van der Waals surface area contributed by atoms with Crippen molar-refractivity contribution in [2.24, 2.45) is 0 Å². The molecule has 4 N–H and O–H groups in total. The molecule has 1 atom stereocenters. The highest BCUT2D eigenvalue weighted by Crippen LogP contribution is 2.30. The average Bonchev–Trinajstić information content (AvgIpc) is 3.25. The molecule has 3 rings (SSSR count). The minimum Gasteiger partial charge on any atom is -0.480 e. The van der Waals surface area contributed by atoms with E-state index in [2.05, 4.69) is 15.6 Å². The highest BCUT2D eigenvalue weighted by Gasteiger charge is 2.23. The number of aryl methyl sites for hydroxylation is 2. The topological polar surface area (TPSA) is 111 Å².